The van der Waals surface area contributed by atoms with Gasteiger partial charge < -0.3 is 10.6 Å². The highest BCUT2D eigenvalue weighted by atomic mass is 16.1. The molecule has 2 atom stereocenters. The fraction of sp³-hybridized carbons (Fsp3) is 0.625. The van der Waals surface area contributed by atoms with E-state index in [0.717, 1.165) is 18.7 Å². The van der Waals surface area contributed by atoms with E-state index in [0.29, 0.717) is 23.6 Å². The molecule has 1 amide bonds. The predicted molar refractivity (Wildman–Crippen MR) is 81.9 cm³/mol. The minimum absolute atomic E-state index is 0.00676. The van der Waals surface area contributed by atoms with Crippen LogP contribution in [0.5, 0.6) is 0 Å². The van der Waals surface area contributed by atoms with E-state index in [1.54, 1.807) is 6.20 Å². The number of nitrogens with one attached hydrogen (secondary N) is 2. The van der Waals surface area contributed by atoms with Crippen LogP contribution in [0.1, 0.15) is 56.8 Å². The maximum atomic E-state index is 12.2. The zero-order valence-electron chi connectivity index (χ0n) is 12.6. The van der Waals surface area contributed by atoms with E-state index < -0.39 is 0 Å². The molecule has 2 unspecified atom stereocenters. The van der Waals surface area contributed by atoms with E-state index in [9.17, 15) is 4.79 Å². The molecule has 110 valence electrons. The van der Waals surface area contributed by atoms with Crippen LogP contribution in [-0.2, 0) is 0 Å². The van der Waals surface area contributed by atoms with Crippen LogP contribution in [0.3, 0.4) is 0 Å². The topological polar surface area (TPSA) is 54.0 Å². The molecule has 0 bridgehead atoms. The second-order valence-electron chi connectivity index (χ2n) is 6.17. The van der Waals surface area contributed by atoms with Crippen molar-refractivity contribution < 1.29 is 4.79 Å². The van der Waals surface area contributed by atoms with Gasteiger partial charge in [-0.25, -0.2) is 4.98 Å². The molecule has 1 aromatic rings. The molecule has 2 rings (SSSR count). The van der Waals surface area contributed by atoms with Crippen molar-refractivity contribution in [3.8, 4) is 0 Å². The molecule has 0 saturated heterocycles. The number of carbonyl (C=O) groups excluding carboxylic acids is 1. The highest BCUT2D eigenvalue weighted by molar-refractivity contribution is 5.94. The van der Waals surface area contributed by atoms with Gasteiger partial charge in [-0.1, -0.05) is 19.8 Å². The molecule has 4 nitrogen and oxygen atoms in total. The number of anilines is 1. The largest absolute Gasteiger partial charge is 0.368 e. The van der Waals surface area contributed by atoms with Crippen molar-refractivity contribution in [2.75, 3.05) is 5.32 Å². The van der Waals surface area contributed by atoms with Crippen LogP contribution in [-0.4, -0.2) is 23.0 Å². The summed E-state index contributed by atoms with van der Waals surface area (Å²) in [5.74, 6) is 1.51. The number of carbonyl (C=O) groups is 1. The monoisotopic (exact) mass is 275 g/mol. The highest BCUT2D eigenvalue weighted by Crippen LogP contribution is 2.23. The summed E-state index contributed by atoms with van der Waals surface area (Å²) in [4.78, 5) is 16.5. The van der Waals surface area contributed by atoms with Gasteiger partial charge in [0, 0.05) is 18.3 Å². The molecular weight excluding hydrogens is 250 g/mol. The Hall–Kier alpha value is -1.58. The fourth-order valence-corrected chi connectivity index (χ4v) is 2.74. The Morgan fingerprint density at radius 1 is 1.35 bits per heavy atom. The molecule has 1 aliphatic rings. The lowest BCUT2D eigenvalue weighted by molar-refractivity contribution is 0.0921. The lowest BCUT2D eigenvalue weighted by Gasteiger charge is -2.27. The fourth-order valence-electron chi connectivity index (χ4n) is 2.74. The molecule has 1 aliphatic carbocycles. The molecule has 2 N–H and O–H groups in total. The molecule has 1 saturated carbocycles. The molecule has 0 radical (unpaired) electrons. The zero-order valence-corrected chi connectivity index (χ0v) is 12.6. The maximum absolute atomic E-state index is 12.2. The van der Waals surface area contributed by atoms with Gasteiger partial charge in [0.05, 0.1) is 5.56 Å². The number of hydrogen-bond acceptors (Lipinski definition) is 3. The van der Waals surface area contributed by atoms with Gasteiger partial charge in [-0.15, -0.1) is 0 Å². The lowest BCUT2D eigenvalue weighted by atomic mass is 9.87. The van der Waals surface area contributed by atoms with Crippen LogP contribution >= 0.6 is 0 Å². The molecule has 0 spiro atoms. The summed E-state index contributed by atoms with van der Waals surface area (Å²) in [6.45, 7) is 6.38. The highest BCUT2D eigenvalue weighted by Gasteiger charge is 2.20. The van der Waals surface area contributed by atoms with Crippen molar-refractivity contribution in [3.05, 3.63) is 23.9 Å². The van der Waals surface area contributed by atoms with Gasteiger partial charge in [0.2, 0.25) is 0 Å². The van der Waals surface area contributed by atoms with Gasteiger partial charge in [-0.3, -0.25) is 4.79 Å². The van der Waals surface area contributed by atoms with E-state index >= 15 is 0 Å². The van der Waals surface area contributed by atoms with Crippen LogP contribution in [0.25, 0.3) is 0 Å². The molecule has 1 heterocycles. The molecular formula is C16H25N3O. The number of pyridine rings is 1. The smallest absolute Gasteiger partial charge is 0.253 e. The van der Waals surface area contributed by atoms with Gasteiger partial charge in [-0.05, 0) is 44.7 Å². The minimum atomic E-state index is -0.00676. The first-order valence-corrected chi connectivity index (χ1v) is 7.58. The van der Waals surface area contributed by atoms with Crippen molar-refractivity contribution in [2.45, 2.75) is 58.5 Å². The average Bonchev–Trinajstić information content (AvgIpc) is 2.38. The Morgan fingerprint density at radius 3 is 2.75 bits per heavy atom. The molecule has 1 aromatic heterocycles. The van der Waals surface area contributed by atoms with Crippen LogP contribution in [0, 0.1) is 5.92 Å². The Labute approximate surface area is 121 Å². The van der Waals surface area contributed by atoms with E-state index in [4.69, 9.17) is 0 Å². The van der Waals surface area contributed by atoms with Gasteiger partial charge in [-0.2, -0.15) is 0 Å². The second-order valence-corrected chi connectivity index (χ2v) is 6.17. The lowest BCUT2D eigenvalue weighted by Crippen LogP contribution is -2.38. The number of aromatic nitrogens is 1. The summed E-state index contributed by atoms with van der Waals surface area (Å²) in [6, 6.07) is 4.35. The third-order valence-corrected chi connectivity index (χ3v) is 3.73. The number of amides is 1. The summed E-state index contributed by atoms with van der Waals surface area (Å²) in [6.07, 6.45) is 6.32. The predicted octanol–water partition coefficient (Wildman–Crippen LogP) is 3.21. The summed E-state index contributed by atoms with van der Waals surface area (Å²) < 4.78 is 0. The molecule has 0 aromatic carbocycles. The van der Waals surface area contributed by atoms with Crippen molar-refractivity contribution in [2.24, 2.45) is 5.92 Å². The Balaban J connectivity index is 1.91. The van der Waals surface area contributed by atoms with Gasteiger partial charge in [0.1, 0.15) is 5.82 Å². The van der Waals surface area contributed by atoms with E-state index in [1.165, 1.54) is 12.8 Å². The maximum Gasteiger partial charge on any atom is 0.253 e. The van der Waals surface area contributed by atoms with Gasteiger partial charge >= 0.3 is 0 Å². The standard InChI is InChI=1S/C16H25N3O/c1-11(2)18-15-8-7-13(10-17-15)16(20)19-14-6-4-5-12(3)9-14/h7-8,10-12,14H,4-6,9H2,1-3H3,(H,17,18)(H,19,20). The zero-order chi connectivity index (χ0) is 14.5. The third-order valence-electron chi connectivity index (χ3n) is 3.73. The Bertz CT molecular complexity index is 442. The van der Waals surface area contributed by atoms with Crippen LogP contribution in [0.15, 0.2) is 18.3 Å². The van der Waals surface area contributed by atoms with Gasteiger partial charge in [0.25, 0.3) is 5.91 Å². The molecule has 1 fully saturated rings. The first kappa shape index (κ1) is 14.8. The molecule has 20 heavy (non-hydrogen) atoms. The van der Waals surface area contributed by atoms with Crippen molar-refractivity contribution in [1.29, 1.82) is 0 Å². The van der Waals surface area contributed by atoms with Gasteiger partial charge in [0.15, 0.2) is 0 Å². The normalized spacial score (nSPS) is 22.6. The van der Waals surface area contributed by atoms with Crippen LogP contribution in [0.2, 0.25) is 0 Å². The van der Waals surface area contributed by atoms with Crippen LogP contribution < -0.4 is 10.6 Å². The summed E-state index contributed by atoms with van der Waals surface area (Å²) in [5.41, 5.74) is 0.637. The SMILES string of the molecule is CC1CCCC(NC(=O)c2ccc(NC(C)C)nc2)C1. The van der Waals surface area contributed by atoms with Crippen molar-refractivity contribution >= 4 is 11.7 Å². The van der Waals surface area contributed by atoms with E-state index in [1.807, 2.05) is 12.1 Å². The number of hydrogen-bond donors (Lipinski definition) is 2. The average molecular weight is 275 g/mol. The first-order chi connectivity index (χ1) is 9.54. The van der Waals surface area contributed by atoms with E-state index in [-0.39, 0.29) is 5.91 Å². The summed E-state index contributed by atoms with van der Waals surface area (Å²) >= 11 is 0. The van der Waals surface area contributed by atoms with Crippen molar-refractivity contribution in [1.82, 2.24) is 10.3 Å². The summed E-state index contributed by atoms with van der Waals surface area (Å²) in [7, 11) is 0. The first-order valence-electron chi connectivity index (χ1n) is 7.58. The van der Waals surface area contributed by atoms with Crippen LogP contribution in [0.4, 0.5) is 5.82 Å². The Morgan fingerprint density at radius 2 is 2.15 bits per heavy atom. The summed E-state index contributed by atoms with van der Waals surface area (Å²) in [5, 5.41) is 6.34. The quantitative estimate of drug-likeness (QED) is 0.887. The number of nitrogens with zero attached hydrogens (tertiary/aromatic N) is 1. The molecule has 4 heteroatoms. The van der Waals surface area contributed by atoms with Crippen molar-refractivity contribution in [3.63, 3.8) is 0 Å². The molecule has 0 aliphatic heterocycles. The second kappa shape index (κ2) is 6.73. The third kappa shape index (κ3) is 4.22. The minimum Gasteiger partial charge on any atom is -0.368 e. The number of rotatable bonds is 4. The Kier molecular flexibility index (Phi) is 4.99. The van der Waals surface area contributed by atoms with E-state index in [2.05, 4.69) is 36.4 Å².